The fraction of sp³-hybridized carbons (Fsp3) is 0.588. The molecular weight excluding hydrogens is 264 g/mol. The monoisotopic (exact) mass is 290 g/mol. The molecule has 0 aromatic heterocycles. The van der Waals surface area contributed by atoms with Crippen molar-refractivity contribution >= 4 is 11.6 Å². The van der Waals surface area contributed by atoms with Gasteiger partial charge in [0.1, 0.15) is 0 Å². The maximum absolute atomic E-state index is 12.3. The van der Waals surface area contributed by atoms with E-state index in [0.717, 1.165) is 37.1 Å². The van der Waals surface area contributed by atoms with E-state index in [1.54, 1.807) is 0 Å². The van der Waals surface area contributed by atoms with E-state index in [1.165, 1.54) is 5.56 Å². The van der Waals surface area contributed by atoms with Gasteiger partial charge in [-0.2, -0.15) is 0 Å². The second-order valence-corrected chi connectivity index (χ2v) is 6.08. The van der Waals surface area contributed by atoms with Crippen molar-refractivity contribution in [3.8, 4) is 0 Å². The highest BCUT2D eigenvalue weighted by Gasteiger charge is 2.24. The molecule has 1 aromatic rings. The van der Waals surface area contributed by atoms with Crippen molar-refractivity contribution in [2.24, 2.45) is 11.7 Å². The third kappa shape index (κ3) is 3.63. The first-order valence-corrected chi connectivity index (χ1v) is 7.87. The van der Waals surface area contributed by atoms with Gasteiger partial charge in [-0.3, -0.25) is 4.79 Å². The van der Waals surface area contributed by atoms with Crippen LogP contribution in [0.2, 0.25) is 0 Å². The maximum atomic E-state index is 12.3. The lowest BCUT2D eigenvalue weighted by molar-refractivity contribution is -0.121. The number of carbonyl (C=O) groups is 1. The molecule has 1 aliphatic heterocycles. The highest BCUT2D eigenvalue weighted by Crippen LogP contribution is 2.31. The second kappa shape index (κ2) is 7.05. The van der Waals surface area contributed by atoms with Crippen LogP contribution in [-0.2, 0) is 11.2 Å². The van der Waals surface area contributed by atoms with Crippen LogP contribution in [-0.4, -0.2) is 24.1 Å². The molecular formula is C17H26N2O2. The summed E-state index contributed by atoms with van der Waals surface area (Å²) in [6, 6.07) is 5.97. The summed E-state index contributed by atoms with van der Waals surface area (Å²) in [5.41, 5.74) is 8.60. The van der Waals surface area contributed by atoms with E-state index >= 15 is 0 Å². The highest BCUT2D eigenvalue weighted by molar-refractivity contribution is 5.95. The van der Waals surface area contributed by atoms with Crippen LogP contribution in [0.4, 0.5) is 5.69 Å². The Hall–Kier alpha value is -1.39. The van der Waals surface area contributed by atoms with E-state index < -0.39 is 6.10 Å². The van der Waals surface area contributed by atoms with Gasteiger partial charge in [-0.1, -0.05) is 26.0 Å². The van der Waals surface area contributed by atoms with Crippen molar-refractivity contribution in [2.45, 2.75) is 45.6 Å². The predicted octanol–water partition coefficient (Wildman–Crippen LogP) is 2.39. The lowest BCUT2D eigenvalue weighted by Gasteiger charge is -2.31. The molecule has 4 heteroatoms. The van der Waals surface area contributed by atoms with Crippen molar-refractivity contribution in [3.63, 3.8) is 0 Å². The first kappa shape index (κ1) is 16.0. The number of aliphatic hydroxyl groups is 1. The summed E-state index contributed by atoms with van der Waals surface area (Å²) in [5, 5.41) is 10.2. The molecule has 0 bridgehead atoms. The Bertz CT molecular complexity index is 500. The zero-order valence-corrected chi connectivity index (χ0v) is 13.0. The van der Waals surface area contributed by atoms with Gasteiger partial charge in [-0.15, -0.1) is 0 Å². The minimum atomic E-state index is -0.463. The van der Waals surface area contributed by atoms with Gasteiger partial charge in [0.05, 0.1) is 6.10 Å². The molecule has 1 aromatic carbocycles. The second-order valence-electron chi connectivity index (χ2n) is 6.08. The van der Waals surface area contributed by atoms with Crippen LogP contribution in [0.5, 0.6) is 0 Å². The van der Waals surface area contributed by atoms with Crippen LogP contribution in [0.1, 0.15) is 50.3 Å². The zero-order valence-electron chi connectivity index (χ0n) is 13.0. The van der Waals surface area contributed by atoms with E-state index in [1.807, 2.05) is 30.9 Å². The van der Waals surface area contributed by atoms with Crippen molar-refractivity contribution in [1.82, 2.24) is 0 Å². The molecule has 0 saturated carbocycles. The number of carbonyl (C=O) groups excluding carboxylic acids is 1. The molecule has 1 atom stereocenters. The molecule has 0 fully saturated rings. The number of hydrogen-bond acceptors (Lipinski definition) is 3. The van der Waals surface area contributed by atoms with Crippen LogP contribution in [0.3, 0.4) is 0 Å². The number of aryl methyl sites for hydroxylation is 1. The number of hydrogen-bond donors (Lipinski definition) is 2. The Morgan fingerprint density at radius 3 is 2.86 bits per heavy atom. The standard InChI is InChI=1S/C17H26N2O2/c1-12(2)17(21)19-10-4-5-13-11-14(7-8-15(13)19)16(20)6-3-9-18/h7-8,11-12,16,20H,3-6,9-10,18H2,1-2H3. The summed E-state index contributed by atoms with van der Waals surface area (Å²) in [4.78, 5) is 14.2. The van der Waals surface area contributed by atoms with E-state index in [4.69, 9.17) is 5.73 Å². The highest BCUT2D eigenvalue weighted by atomic mass is 16.3. The normalized spacial score (nSPS) is 16.0. The topological polar surface area (TPSA) is 66.6 Å². The van der Waals surface area contributed by atoms with Gasteiger partial charge >= 0.3 is 0 Å². The third-order valence-corrected chi connectivity index (χ3v) is 4.05. The molecule has 21 heavy (non-hydrogen) atoms. The minimum absolute atomic E-state index is 0.00534. The minimum Gasteiger partial charge on any atom is -0.388 e. The van der Waals surface area contributed by atoms with E-state index in [0.29, 0.717) is 13.0 Å². The van der Waals surface area contributed by atoms with E-state index in [9.17, 15) is 9.90 Å². The average Bonchev–Trinajstić information content (AvgIpc) is 2.50. The Labute approximate surface area is 126 Å². The molecule has 1 unspecified atom stereocenters. The van der Waals surface area contributed by atoms with E-state index in [-0.39, 0.29) is 11.8 Å². The van der Waals surface area contributed by atoms with Gasteiger partial charge in [-0.25, -0.2) is 0 Å². The van der Waals surface area contributed by atoms with Gasteiger partial charge in [0.15, 0.2) is 0 Å². The Balaban J connectivity index is 2.22. The quantitative estimate of drug-likeness (QED) is 0.875. The number of benzene rings is 1. The van der Waals surface area contributed by atoms with Gasteiger partial charge in [0.2, 0.25) is 5.91 Å². The smallest absolute Gasteiger partial charge is 0.229 e. The van der Waals surface area contributed by atoms with Crippen molar-refractivity contribution in [3.05, 3.63) is 29.3 Å². The molecule has 0 aliphatic carbocycles. The van der Waals surface area contributed by atoms with Gasteiger partial charge in [0.25, 0.3) is 0 Å². The zero-order chi connectivity index (χ0) is 15.4. The molecule has 3 N–H and O–H groups in total. The van der Waals surface area contributed by atoms with Crippen LogP contribution in [0.25, 0.3) is 0 Å². The number of anilines is 1. The number of aliphatic hydroxyl groups excluding tert-OH is 1. The molecule has 2 rings (SSSR count). The Morgan fingerprint density at radius 2 is 2.19 bits per heavy atom. The van der Waals surface area contributed by atoms with Gasteiger partial charge in [-0.05, 0) is 49.4 Å². The average molecular weight is 290 g/mol. The van der Waals surface area contributed by atoms with Gasteiger partial charge in [0, 0.05) is 18.2 Å². The SMILES string of the molecule is CC(C)C(=O)N1CCCc2cc(C(O)CCCN)ccc21. The maximum Gasteiger partial charge on any atom is 0.229 e. The van der Waals surface area contributed by atoms with Crippen LogP contribution in [0, 0.1) is 5.92 Å². The number of nitrogens with two attached hydrogens (primary N) is 1. The van der Waals surface area contributed by atoms with Crippen LogP contribution >= 0.6 is 0 Å². The molecule has 0 radical (unpaired) electrons. The molecule has 0 spiro atoms. The molecule has 1 aliphatic rings. The lowest BCUT2D eigenvalue weighted by atomic mass is 9.95. The Kier molecular flexibility index (Phi) is 5.37. The number of rotatable bonds is 5. The van der Waals surface area contributed by atoms with Crippen molar-refractivity contribution in [1.29, 1.82) is 0 Å². The Morgan fingerprint density at radius 1 is 1.43 bits per heavy atom. The number of nitrogens with zero attached hydrogens (tertiary/aromatic N) is 1. The summed E-state index contributed by atoms with van der Waals surface area (Å²) in [5.74, 6) is 0.179. The lowest BCUT2D eigenvalue weighted by Crippen LogP contribution is -2.38. The van der Waals surface area contributed by atoms with E-state index in [2.05, 4.69) is 6.07 Å². The number of fused-ring (bicyclic) bond motifs is 1. The summed E-state index contributed by atoms with van der Waals surface area (Å²) >= 11 is 0. The molecule has 0 saturated heterocycles. The third-order valence-electron chi connectivity index (χ3n) is 4.05. The summed E-state index contributed by atoms with van der Waals surface area (Å²) < 4.78 is 0. The van der Waals surface area contributed by atoms with Gasteiger partial charge < -0.3 is 15.7 Å². The molecule has 1 amide bonds. The first-order chi connectivity index (χ1) is 10.0. The van der Waals surface area contributed by atoms with Crippen LogP contribution < -0.4 is 10.6 Å². The number of amides is 1. The summed E-state index contributed by atoms with van der Waals surface area (Å²) in [7, 11) is 0. The first-order valence-electron chi connectivity index (χ1n) is 7.87. The summed E-state index contributed by atoms with van der Waals surface area (Å²) in [6.07, 6.45) is 2.98. The molecule has 4 nitrogen and oxygen atoms in total. The van der Waals surface area contributed by atoms with Crippen LogP contribution in [0.15, 0.2) is 18.2 Å². The summed E-state index contributed by atoms with van der Waals surface area (Å²) in [6.45, 7) is 5.25. The van der Waals surface area contributed by atoms with Crippen molar-refractivity contribution < 1.29 is 9.90 Å². The molecule has 116 valence electrons. The predicted molar refractivity (Wildman–Crippen MR) is 85.2 cm³/mol. The largest absolute Gasteiger partial charge is 0.388 e. The fourth-order valence-corrected chi connectivity index (χ4v) is 2.84. The molecule has 1 heterocycles. The van der Waals surface area contributed by atoms with Crippen molar-refractivity contribution in [2.75, 3.05) is 18.0 Å². The fourth-order valence-electron chi connectivity index (χ4n) is 2.84.